The van der Waals surface area contributed by atoms with E-state index in [9.17, 15) is 0 Å². The highest BCUT2D eigenvalue weighted by atomic mass is 16.5. The summed E-state index contributed by atoms with van der Waals surface area (Å²) in [6.07, 6.45) is 0. The van der Waals surface area contributed by atoms with Crippen molar-refractivity contribution in [2.45, 2.75) is 33.2 Å². The molecule has 1 N–H and O–H groups in total. The summed E-state index contributed by atoms with van der Waals surface area (Å²) in [4.78, 5) is 0. The largest absolute Gasteiger partial charge is 0.379 e. The van der Waals surface area contributed by atoms with E-state index < -0.39 is 0 Å². The third-order valence-corrected chi connectivity index (χ3v) is 0.935. The first-order chi connectivity index (χ1) is 4.95. The van der Waals surface area contributed by atoms with E-state index in [0.717, 1.165) is 5.71 Å². The van der Waals surface area contributed by atoms with Crippen LogP contribution in [0.4, 0.5) is 0 Å². The van der Waals surface area contributed by atoms with Gasteiger partial charge in [0.25, 0.3) is 0 Å². The van der Waals surface area contributed by atoms with Crippen LogP contribution in [-0.4, -0.2) is 25.0 Å². The molecule has 0 rings (SSSR count). The molecular formula is C8H18N2O. The first kappa shape index (κ1) is 10.4. The summed E-state index contributed by atoms with van der Waals surface area (Å²) in [5.74, 6) is 0. The van der Waals surface area contributed by atoms with E-state index in [1.165, 1.54) is 0 Å². The van der Waals surface area contributed by atoms with E-state index in [4.69, 9.17) is 4.74 Å². The Hall–Kier alpha value is -0.570. The fraction of sp³-hybridized carbons (Fsp3) is 0.875. The highest BCUT2D eigenvalue weighted by Gasteiger charge is 2.06. The van der Waals surface area contributed by atoms with Crippen LogP contribution in [0.5, 0.6) is 0 Å². The molecule has 11 heavy (non-hydrogen) atoms. The fourth-order valence-electron chi connectivity index (χ4n) is 0.504. The van der Waals surface area contributed by atoms with Gasteiger partial charge < -0.3 is 10.2 Å². The molecule has 0 bridgehead atoms. The summed E-state index contributed by atoms with van der Waals surface area (Å²) in [6.45, 7) is 8.72. The summed E-state index contributed by atoms with van der Waals surface area (Å²) >= 11 is 0. The summed E-state index contributed by atoms with van der Waals surface area (Å²) in [5, 5.41) is 4.13. The zero-order chi connectivity index (χ0) is 8.91. The summed E-state index contributed by atoms with van der Waals surface area (Å²) in [6, 6.07) is 0. The molecule has 0 radical (unpaired) electrons. The summed E-state index contributed by atoms with van der Waals surface area (Å²) in [5.41, 5.74) is 4.01. The lowest BCUT2D eigenvalue weighted by Gasteiger charge is -2.18. The molecule has 0 spiro atoms. The molecule has 0 aliphatic heterocycles. The second-order valence-corrected chi connectivity index (χ2v) is 3.64. The molecule has 0 aliphatic carbocycles. The molecule has 0 heterocycles. The fourth-order valence-corrected chi connectivity index (χ4v) is 0.504. The smallest absolute Gasteiger partial charge is 0.0859 e. The normalized spacial score (nSPS) is 13.4. The molecular weight excluding hydrogens is 140 g/mol. The predicted molar refractivity (Wildman–Crippen MR) is 47.9 cm³/mol. The zero-order valence-corrected chi connectivity index (χ0v) is 8.06. The van der Waals surface area contributed by atoms with Gasteiger partial charge in [-0.05, 0) is 27.7 Å². The van der Waals surface area contributed by atoms with Crippen molar-refractivity contribution in [2.24, 2.45) is 5.10 Å². The Labute approximate surface area is 68.8 Å². The zero-order valence-electron chi connectivity index (χ0n) is 8.06. The molecule has 3 nitrogen and oxygen atoms in total. The number of methoxy groups -OCH3 is 1. The molecule has 0 unspecified atom stereocenters. The number of hydrogen-bond donors (Lipinski definition) is 1. The van der Waals surface area contributed by atoms with E-state index in [1.807, 2.05) is 6.92 Å². The summed E-state index contributed by atoms with van der Waals surface area (Å²) in [7, 11) is 1.66. The van der Waals surface area contributed by atoms with Crippen LogP contribution in [0.1, 0.15) is 27.7 Å². The van der Waals surface area contributed by atoms with Crippen molar-refractivity contribution in [3.8, 4) is 0 Å². The van der Waals surface area contributed by atoms with Gasteiger partial charge in [-0.1, -0.05) is 0 Å². The van der Waals surface area contributed by atoms with Crippen LogP contribution in [0.25, 0.3) is 0 Å². The van der Waals surface area contributed by atoms with Crippen molar-refractivity contribution in [3.05, 3.63) is 0 Å². The second-order valence-electron chi connectivity index (χ2n) is 3.64. The lowest BCUT2D eigenvalue weighted by Crippen LogP contribution is -2.32. The number of nitrogens with one attached hydrogen (secondary N) is 1. The molecule has 0 aromatic heterocycles. The quantitative estimate of drug-likeness (QED) is 0.497. The standard InChI is InChI=1S/C8H18N2O/c1-7(6-11-5)9-10-8(2,3)4/h10H,6H2,1-5H3/b9-7+. The van der Waals surface area contributed by atoms with Gasteiger partial charge in [0.1, 0.15) is 0 Å². The van der Waals surface area contributed by atoms with Crippen LogP contribution in [0.3, 0.4) is 0 Å². The Balaban J connectivity index is 3.73. The lowest BCUT2D eigenvalue weighted by atomic mass is 10.1. The van der Waals surface area contributed by atoms with Crippen LogP contribution >= 0.6 is 0 Å². The van der Waals surface area contributed by atoms with Crippen molar-refractivity contribution >= 4 is 5.71 Å². The molecule has 0 saturated heterocycles. The van der Waals surface area contributed by atoms with Gasteiger partial charge in [-0.3, -0.25) is 0 Å². The van der Waals surface area contributed by atoms with Crippen LogP contribution in [-0.2, 0) is 4.74 Å². The molecule has 3 heteroatoms. The van der Waals surface area contributed by atoms with Gasteiger partial charge in [-0.25, -0.2) is 0 Å². The number of nitrogens with zero attached hydrogens (tertiary/aromatic N) is 1. The molecule has 0 aromatic rings. The third-order valence-electron chi connectivity index (χ3n) is 0.935. The Morgan fingerprint density at radius 3 is 2.36 bits per heavy atom. The van der Waals surface area contributed by atoms with Crippen molar-refractivity contribution in [1.82, 2.24) is 5.43 Å². The van der Waals surface area contributed by atoms with E-state index in [0.29, 0.717) is 6.61 Å². The van der Waals surface area contributed by atoms with Crippen LogP contribution in [0, 0.1) is 0 Å². The second kappa shape index (κ2) is 4.34. The van der Waals surface area contributed by atoms with E-state index in [-0.39, 0.29) is 5.54 Å². The van der Waals surface area contributed by atoms with Crippen molar-refractivity contribution in [1.29, 1.82) is 0 Å². The first-order valence-electron chi connectivity index (χ1n) is 3.75. The maximum Gasteiger partial charge on any atom is 0.0859 e. The predicted octanol–water partition coefficient (Wildman–Crippen LogP) is 1.40. The van der Waals surface area contributed by atoms with Gasteiger partial charge in [0, 0.05) is 12.6 Å². The Bertz CT molecular complexity index is 136. The molecule has 0 atom stereocenters. The monoisotopic (exact) mass is 158 g/mol. The maximum atomic E-state index is 4.90. The van der Waals surface area contributed by atoms with Crippen molar-refractivity contribution in [3.63, 3.8) is 0 Å². The molecule has 0 fully saturated rings. The van der Waals surface area contributed by atoms with E-state index in [2.05, 4.69) is 31.3 Å². The molecule has 0 aromatic carbocycles. The average molecular weight is 158 g/mol. The highest BCUT2D eigenvalue weighted by molar-refractivity contribution is 5.82. The molecule has 66 valence electrons. The van der Waals surface area contributed by atoms with Gasteiger partial charge in [0.2, 0.25) is 0 Å². The van der Waals surface area contributed by atoms with Gasteiger partial charge in [0.15, 0.2) is 0 Å². The number of hydrogen-bond acceptors (Lipinski definition) is 3. The average Bonchev–Trinajstić information content (AvgIpc) is 1.83. The maximum absolute atomic E-state index is 4.90. The minimum Gasteiger partial charge on any atom is -0.379 e. The van der Waals surface area contributed by atoms with Crippen LogP contribution in [0.15, 0.2) is 5.10 Å². The number of rotatable bonds is 3. The van der Waals surface area contributed by atoms with Crippen molar-refractivity contribution in [2.75, 3.05) is 13.7 Å². The van der Waals surface area contributed by atoms with Gasteiger partial charge in [0.05, 0.1) is 12.3 Å². The Morgan fingerprint density at radius 1 is 1.45 bits per heavy atom. The molecule has 0 saturated carbocycles. The van der Waals surface area contributed by atoms with E-state index >= 15 is 0 Å². The van der Waals surface area contributed by atoms with Gasteiger partial charge in [-0.2, -0.15) is 5.10 Å². The Kier molecular flexibility index (Phi) is 4.11. The molecule has 0 amide bonds. The Morgan fingerprint density at radius 2 is 2.00 bits per heavy atom. The van der Waals surface area contributed by atoms with Crippen LogP contribution < -0.4 is 5.43 Å². The SMILES string of the molecule is COC/C(C)=N/NC(C)(C)C. The molecule has 0 aliphatic rings. The summed E-state index contributed by atoms with van der Waals surface area (Å²) < 4.78 is 4.90. The van der Waals surface area contributed by atoms with E-state index in [1.54, 1.807) is 7.11 Å². The van der Waals surface area contributed by atoms with Gasteiger partial charge >= 0.3 is 0 Å². The minimum absolute atomic E-state index is 0.0367. The topological polar surface area (TPSA) is 33.6 Å². The number of ether oxygens (including phenoxy) is 1. The van der Waals surface area contributed by atoms with Crippen LogP contribution in [0.2, 0.25) is 0 Å². The number of hydrazone groups is 1. The first-order valence-corrected chi connectivity index (χ1v) is 3.75. The van der Waals surface area contributed by atoms with Crippen molar-refractivity contribution < 1.29 is 4.74 Å². The van der Waals surface area contributed by atoms with Gasteiger partial charge in [-0.15, -0.1) is 0 Å². The minimum atomic E-state index is 0.0367. The highest BCUT2D eigenvalue weighted by Crippen LogP contribution is 1.97. The third kappa shape index (κ3) is 7.33. The lowest BCUT2D eigenvalue weighted by molar-refractivity contribution is 0.243.